The molecule has 0 amide bonds. The number of hydrogen-bond acceptors (Lipinski definition) is 1. The molecule has 1 nitrogen and oxygen atoms in total. The summed E-state index contributed by atoms with van der Waals surface area (Å²) < 4.78 is 18.1. The minimum Gasteiger partial charge on any atom is -0.362 e. The molecule has 1 aromatic carbocycles. The molecule has 1 unspecified atom stereocenters. The Bertz CT molecular complexity index is 306. The highest BCUT2D eigenvalue weighted by atomic mass is 19.1. The first-order chi connectivity index (χ1) is 5.59. The Balaban J connectivity index is 2.26. The first-order valence-electron chi connectivity index (χ1n) is 4.03. The van der Waals surface area contributed by atoms with Crippen molar-refractivity contribution in [1.29, 1.82) is 0 Å². The van der Waals surface area contributed by atoms with Gasteiger partial charge in [-0.25, -0.2) is 4.39 Å². The fraction of sp³-hybridized carbons (Fsp3) is 0.400. The Kier molecular flexibility index (Phi) is 1.48. The van der Waals surface area contributed by atoms with Crippen LogP contribution in [0.5, 0.6) is 0 Å². The molecular formula is C10H11FO. The van der Waals surface area contributed by atoms with Crippen molar-refractivity contribution in [3.8, 4) is 0 Å². The molecule has 1 aromatic rings. The largest absolute Gasteiger partial charge is 0.362 e. The summed E-state index contributed by atoms with van der Waals surface area (Å²) in [5.41, 5.74) is 0.827. The topological polar surface area (TPSA) is 12.5 Å². The third-order valence-electron chi connectivity index (χ3n) is 2.15. The van der Waals surface area contributed by atoms with Crippen molar-refractivity contribution in [2.45, 2.75) is 25.6 Å². The van der Waals surface area contributed by atoms with E-state index in [1.807, 2.05) is 19.9 Å². The molecule has 0 N–H and O–H groups in total. The van der Waals surface area contributed by atoms with Gasteiger partial charge in [-0.3, -0.25) is 0 Å². The van der Waals surface area contributed by atoms with Crippen LogP contribution in [0.1, 0.15) is 25.5 Å². The zero-order valence-electron chi connectivity index (χ0n) is 7.17. The number of hydrogen-bond donors (Lipinski definition) is 0. The molecule has 1 atom stereocenters. The van der Waals surface area contributed by atoms with E-state index in [0.29, 0.717) is 0 Å². The summed E-state index contributed by atoms with van der Waals surface area (Å²) >= 11 is 0. The summed E-state index contributed by atoms with van der Waals surface area (Å²) in [5.74, 6) is -0.196. The first kappa shape index (κ1) is 7.74. The van der Waals surface area contributed by atoms with E-state index in [9.17, 15) is 4.39 Å². The third-order valence-corrected chi connectivity index (χ3v) is 2.15. The van der Waals surface area contributed by atoms with Crippen molar-refractivity contribution < 1.29 is 9.13 Å². The van der Waals surface area contributed by atoms with Gasteiger partial charge in [-0.05, 0) is 31.5 Å². The van der Waals surface area contributed by atoms with Gasteiger partial charge in [0.05, 0.1) is 5.60 Å². The molecule has 1 saturated heterocycles. The van der Waals surface area contributed by atoms with E-state index in [2.05, 4.69) is 0 Å². The van der Waals surface area contributed by atoms with Gasteiger partial charge in [0, 0.05) is 0 Å². The molecule has 12 heavy (non-hydrogen) atoms. The highest BCUT2D eigenvalue weighted by molar-refractivity contribution is 5.25. The Hall–Kier alpha value is -0.890. The monoisotopic (exact) mass is 166 g/mol. The average Bonchev–Trinajstić information content (AvgIpc) is 2.60. The summed E-state index contributed by atoms with van der Waals surface area (Å²) in [4.78, 5) is 0. The lowest BCUT2D eigenvalue weighted by atomic mass is 10.0. The molecule has 0 bridgehead atoms. The lowest BCUT2D eigenvalue weighted by Crippen LogP contribution is -1.97. The van der Waals surface area contributed by atoms with Crippen LogP contribution in [-0.4, -0.2) is 5.60 Å². The zero-order valence-corrected chi connectivity index (χ0v) is 7.17. The second kappa shape index (κ2) is 2.30. The van der Waals surface area contributed by atoms with Crippen molar-refractivity contribution in [3.05, 3.63) is 35.6 Å². The van der Waals surface area contributed by atoms with Gasteiger partial charge in [-0.2, -0.15) is 0 Å². The van der Waals surface area contributed by atoms with Crippen LogP contribution in [0.15, 0.2) is 24.3 Å². The van der Waals surface area contributed by atoms with Crippen LogP contribution in [0, 0.1) is 5.82 Å². The molecule has 0 spiro atoms. The second-order valence-corrected chi connectivity index (χ2v) is 3.66. The summed E-state index contributed by atoms with van der Waals surface area (Å²) in [5, 5.41) is 0. The lowest BCUT2D eigenvalue weighted by molar-refractivity contribution is 0.325. The molecule has 64 valence electrons. The lowest BCUT2D eigenvalue weighted by Gasteiger charge is -1.97. The van der Waals surface area contributed by atoms with Gasteiger partial charge in [0.1, 0.15) is 11.9 Å². The molecule has 2 rings (SSSR count). The summed E-state index contributed by atoms with van der Waals surface area (Å²) in [6, 6.07) is 6.57. The van der Waals surface area contributed by atoms with Gasteiger partial charge >= 0.3 is 0 Å². The number of rotatable bonds is 1. The predicted octanol–water partition coefficient (Wildman–Crippen LogP) is 2.68. The SMILES string of the molecule is CC1(C)OC1c1cccc(F)c1. The minimum atomic E-state index is -0.196. The highest BCUT2D eigenvalue weighted by Crippen LogP contribution is 2.48. The maximum Gasteiger partial charge on any atom is 0.123 e. The van der Waals surface area contributed by atoms with E-state index in [4.69, 9.17) is 4.74 Å². The maximum atomic E-state index is 12.8. The molecule has 1 aliphatic rings. The molecule has 1 aliphatic heterocycles. The molecule has 1 heterocycles. The van der Waals surface area contributed by atoms with Gasteiger partial charge in [-0.1, -0.05) is 12.1 Å². The number of benzene rings is 1. The predicted molar refractivity (Wildman–Crippen MR) is 44.3 cm³/mol. The van der Waals surface area contributed by atoms with E-state index in [1.165, 1.54) is 12.1 Å². The Morgan fingerprint density at radius 3 is 2.58 bits per heavy atom. The number of halogens is 1. The first-order valence-corrected chi connectivity index (χ1v) is 4.03. The number of epoxide rings is 1. The van der Waals surface area contributed by atoms with Crippen LogP contribution in [0.4, 0.5) is 4.39 Å². The molecule has 0 aromatic heterocycles. The molecule has 0 aliphatic carbocycles. The van der Waals surface area contributed by atoms with Gasteiger partial charge in [0.15, 0.2) is 0 Å². The van der Waals surface area contributed by atoms with Crippen LogP contribution in [0.2, 0.25) is 0 Å². The quantitative estimate of drug-likeness (QED) is 0.584. The van der Waals surface area contributed by atoms with E-state index in [0.717, 1.165) is 5.56 Å². The van der Waals surface area contributed by atoms with Crippen molar-refractivity contribution in [2.75, 3.05) is 0 Å². The van der Waals surface area contributed by atoms with Gasteiger partial charge in [0.2, 0.25) is 0 Å². The van der Waals surface area contributed by atoms with E-state index in [-0.39, 0.29) is 17.5 Å². The summed E-state index contributed by atoms with van der Waals surface area (Å²) in [6.07, 6.45) is 0.0770. The van der Waals surface area contributed by atoms with Gasteiger partial charge in [-0.15, -0.1) is 0 Å². The Morgan fingerprint density at radius 1 is 1.42 bits per heavy atom. The fourth-order valence-corrected chi connectivity index (χ4v) is 1.41. The van der Waals surface area contributed by atoms with Crippen LogP contribution < -0.4 is 0 Å². The standard InChI is InChI=1S/C10H11FO/c1-10(2)9(12-10)7-4-3-5-8(11)6-7/h3-6,9H,1-2H3. The normalized spacial score (nSPS) is 25.4. The molecule has 0 radical (unpaired) electrons. The highest BCUT2D eigenvalue weighted by Gasteiger charge is 2.48. The van der Waals surface area contributed by atoms with E-state index >= 15 is 0 Å². The molecule has 0 saturated carbocycles. The van der Waals surface area contributed by atoms with Gasteiger partial charge in [0.25, 0.3) is 0 Å². The van der Waals surface area contributed by atoms with Crippen molar-refractivity contribution in [1.82, 2.24) is 0 Å². The van der Waals surface area contributed by atoms with Crippen molar-refractivity contribution in [2.24, 2.45) is 0 Å². The van der Waals surface area contributed by atoms with Crippen molar-refractivity contribution in [3.63, 3.8) is 0 Å². The smallest absolute Gasteiger partial charge is 0.123 e. The van der Waals surface area contributed by atoms with Crippen LogP contribution in [0.25, 0.3) is 0 Å². The maximum absolute atomic E-state index is 12.8. The summed E-state index contributed by atoms with van der Waals surface area (Å²) in [6.45, 7) is 4.01. The van der Waals surface area contributed by atoms with Crippen LogP contribution in [0.3, 0.4) is 0 Å². The van der Waals surface area contributed by atoms with Crippen LogP contribution in [-0.2, 0) is 4.74 Å². The van der Waals surface area contributed by atoms with Gasteiger partial charge < -0.3 is 4.74 Å². The van der Waals surface area contributed by atoms with E-state index < -0.39 is 0 Å². The molecule has 2 heteroatoms. The molecule has 1 fully saturated rings. The number of ether oxygens (including phenoxy) is 1. The third kappa shape index (κ3) is 1.23. The fourth-order valence-electron chi connectivity index (χ4n) is 1.41. The minimum absolute atomic E-state index is 0.0770. The zero-order chi connectivity index (χ0) is 8.77. The van der Waals surface area contributed by atoms with Crippen molar-refractivity contribution >= 4 is 0 Å². The van der Waals surface area contributed by atoms with E-state index in [1.54, 1.807) is 6.07 Å². The average molecular weight is 166 g/mol. The Labute approximate surface area is 71.2 Å². The molecular weight excluding hydrogens is 155 g/mol. The summed E-state index contributed by atoms with van der Waals surface area (Å²) in [7, 11) is 0. The second-order valence-electron chi connectivity index (χ2n) is 3.66. The van der Waals surface area contributed by atoms with Crippen LogP contribution >= 0.6 is 0 Å². The Morgan fingerprint density at radius 2 is 2.08 bits per heavy atom.